The first kappa shape index (κ1) is 24.7. The first-order valence-electron chi connectivity index (χ1n) is 10.9. The van der Waals surface area contributed by atoms with Crippen LogP contribution >= 0.6 is 11.6 Å². The summed E-state index contributed by atoms with van der Waals surface area (Å²) in [5.41, 5.74) is -0.608. The summed E-state index contributed by atoms with van der Waals surface area (Å²) < 4.78 is 30.4. The SMILES string of the molecule is CC1(O)CC(N2C(=N)N[C@](C)(c3cccc(Nc4ccc(C#N)cc4OC(F)F)c3Cl)CC2=O)C1. The van der Waals surface area contributed by atoms with E-state index in [1.165, 1.54) is 23.1 Å². The van der Waals surface area contributed by atoms with Crippen molar-refractivity contribution in [3.8, 4) is 11.8 Å². The molecule has 1 saturated carbocycles. The number of rotatable bonds is 6. The summed E-state index contributed by atoms with van der Waals surface area (Å²) >= 11 is 6.70. The Morgan fingerprint density at radius 2 is 2.03 bits per heavy atom. The lowest BCUT2D eigenvalue weighted by molar-refractivity contribution is -0.140. The summed E-state index contributed by atoms with van der Waals surface area (Å²) in [6.07, 6.45) is 0.814. The number of ether oxygens (including phenoxy) is 1. The number of hydrogen-bond acceptors (Lipinski definition) is 6. The highest BCUT2D eigenvalue weighted by atomic mass is 35.5. The van der Waals surface area contributed by atoms with Crippen molar-refractivity contribution >= 4 is 34.8 Å². The van der Waals surface area contributed by atoms with Crippen LogP contribution < -0.4 is 15.4 Å². The topological polar surface area (TPSA) is 121 Å². The summed E-state index contributed by atoms with van der Waals surface area (Å²) in [6.45, 7) is 0.366. The van der Waals surface area contributed by atoms with Crippen LogP contribution in [-0.4, -0.2) is 40.1 Å². The second-order valence-electron chi connectivity index (χ2n) is 9.30. The molecule has 2 aromatic carbocycles. The van der Waals surface area contributed by atoms with Gasteiger partial charge in [-0.05, 0) is 50.5 Å². The fourth-order valence-corrected chi connectivity index (χ4v) is 5.04. The Hall–Kier alpha value is -3.42. The molecule has 184 valence electrons. The standard InChI is InChI=1S/C24H24ClF2N5O3/c1-23(34)9-14(10-23)32-19(33)11-24(2,31-22(32)29)15-4-3-5-17(20(15)25)30-16-7-6-13(12-28)8-18(16)35-21(26)27/h3-8,14,21,30,34H,9-11H2,1-2H3,(H2,29,31)/t14?,23?,24-/m0/s1. The molecule has 2 fully saturated rings. The van der Waals surface area contributed by atoms with Crippen LogP contribution in [0.2, 0.25) is 5.02 Å². The molecule has 0 aromatic heterocycles. The Labute approximate surface area is 205 Å². The summed E-state index contributed by atoms with van der Waals surface area (Å²) in [7, 11) is 0. The fourth-order valence-electron chi connectivity index (χ4n) is 4.65. The Balaban J connectivity index is 1.60. The van der Waals surface area contributed by atoms with Crippen LogP contribution in [0.3, 0.4) is 0 Å². The number of hydrogen-bond donors (Lipinski definition) is 4. The number of benzene rings is 2. The number of aliphatic hydroxyl groups is 1. The molecule has 0 bridgehead atoms. The number of nitrogens with zero attached hydrogens (tertiary/aromatic N) is 2. The third-order valence-corrected chi connectivity index (χ3v) is 6.72. The van der Waals surface area contributed by atoms with Crippen LogP contribution in [0.15, 0.2) is 36.4 Å². The van der Waals surface area contributed by atoms with Gasteiger partial charge in [-0.3, -0.25) is 15.1 Å². The summed E-state index contributed by atoms with van der Waals surface area (Å²) in [6, 6.07) is 10.8. The second-order valence-corrected chi connectivity index (χ2v) is 9.68. The highest BCUT2D eigenvalue weighted by molar-refractivity contribution is 6.34. The van der Waals surface area contributed by atoms with E-state index >= 15 is 0 Å². The second kappa shape index (κ2) is 8.98. The molecule has 1 amide bonds. The number of alkyl halides is 2. The van der Waals surface area contributed by atoms with E-state index < -0.39 is 17.8 Å². The van der Waals surface area contributed by atoms with Crippen LogP contribution in [0, 0.1) is 16.7 Å². The third kappa shape index (κ3) is 4.88. The van der Waals surface area contributed by atoms with Gasteiger partial charge in [0.2, 0.25) is 5.91 Å². The number of carbonyl (C=O) groups excluding carboxylic acids is 1. The minimum atomic E-state index is -3.09. The van der Waals surface area contributed by atoms with Gasteiger partial charge in [0.1, 0.15) is 0 Å². The highest BCUT2D eigenvalue weighted by Crippen LogP contribution is 2.42. The maximum atomic E-state index is 13.0. The number of nitrogens with one attached hydrogen (secondary N) is 3. The van der Waals surface area contributed by atoms with E-state index in [0.717, 1.165) is 0 Å². The third-order valence-electron chi connectivity index (χ3n) is 6.31. The lowest BCUT2D eigenvalue weighted by Crippen LogP contribution is -2.66. The molecular formula is C24H24ClF2N5O3. The van der Waals surface area contributed by atoms with Crippen LogP contribution in [0.5, 0.6) is 5.75 Å². The zero-order valence-electron chi connectivity index (χ0n) is 19.0. The van der Waals surface area contributed by atoms with E-state index in [1.807, 2.05) is 6.07 Å². The van der Waals surface area contributed by atoms with Gasteiger partial charge in [0.25, 0.3) is 0 Å². The molecule has 1 atom stereocenters. The molecule has 1 saturated heterocycles. The van der Waals surface area contributed by atoms with E-state index in [2.05, 4.69) is 15.4 Å². The number of anilines is 2. The molecule has 0 spiro atoms. The number of guanidine groups is 1. The van der Waals surface area contributed by atoms with Crippen molar-refractivity contribution in [3.05, 3.63) is 52.5 Å². The Morgan fingerprint density at radius 3 is 2.63 bits per heavy atom. The van der Waals surface area contributed by atoms with Crippen molar-refractivity contribution < 1.29 is 23.4 Å². The Bertz CT molecular complexity index is 1200. The van der Waals surface area contributed by atoms with Crippen molar-refractivity contribution in [3.63, 3.8) is 0 Å². The lowest BCUT2D eigenvalue weighted by Gasteiger charge is -2.50. The van der Waals surface area contributed by atoms with Gasteiger partial charge in [0.15, 0.2) is 11.7 Å². The predicted octanol–water partition coefficient (Wildman–Crippen LogP) is 4.44. The quantitative estimate of drug-likeness (QED) is 0.462. The van der Waals surface area contributed by atoms with E-state index in [9.17, 15) is 18.7 Å². The minimum Gasteiger partial charge on any atom is -0.433 e. The van der Waals surface area contributed by atoms with Crippen LogP contribution in [0.4, 0.5) is 20.2 Å². The molecule has 4 rings (SSSR count). The van der Waals surface area contributed by atoms with Crippen molar-refractivity contribution in [2.75, 3.05) is 5.32 Å². The van der Waals surface area contributed by atoms with Gasteiger partial charge in [0.05, 0.1) is 45.6 Å². The lowest BCUT2D eigenvalue weighted by atomic mass is 9.75. The largest absolute Gasteiger partial charge is 0.433 e. The summed E-state index contributed by atoms with van der Waals surface area (Å²) in [5.74, 6) is -0.546. The molecule has 1 aliphatic heterocycles. The maximum absolute atomic E-state index is 13.0. The van der Waals surface area contributed by atoms with Gasteiger partial charge >= 0.3 is 6.61 Å². The zero-order valence-corrected chi connectivity index (χ0v) is 19.8. The molecule has 0 radical (unpaired) electrons. The molecule has 1 aliphatic carbocycles. The average Bonchev–Trinajstić information content (AvgIpc) is 2.73. The molecule has 2 aliphatic rings. The number of nitriles is 1. The van der Waals surface area contributed by atoms with Crippen LogP contribution in [0.1, 0.15) is 44.2 Å². The number of halogens is 3. The number of carbonyl (C=O) groups is 1. The first-order valence-corrected chi connectivity index (χ1v) is 11.3. The predicted molar refractivity (Wildman–Crippen MR) is 126 cm³/mol. The normalized spacial score (nSPS) is 26.1. The molecular weight excluding hydrogens is 480 g/mol. The van der Waals surface area contributed by atoms with E-state index in [-0.39, 0.29) is 46.4 Å². The first-order chi connectivity index (χ1) is 16.4. The molecule has 4 N–H and O–H groups in total. The van der Waals surface area contributed by atoms with Gasteiger partial charge in [-0.2, -0.15) is 14.0 Å². The van der Waals surface area contributed by atoms with E-state index in [4.69, 9.17) is 22.3 Å². The van der Waals surface area contributed by atoms with Crippen molar-refractivity contribution in [1.29, 1.82) is 10.7 Å². The van der Waals surface area contributed by atoms with Gasteiger partial charge < -0.3 is 20.5 Å². The minimum absolute atomic E-state index is 0.0216. The van der Waals surface area contributed by atoms with Gasteiger partial charge in [0, 0.05) is 12.1 Å². The van der Waals surface area contributed by atoms with Gasteiger partial charge in [-0.15, -0.1) is 0 Å². The molecule has 2 aromatic rings. The van der Waals surface area contributed by atoms with Gasteiger partial charge in [-0.1, -0.05) is 23.7 Å². The highest BCUT2D eigenvalue weighted by Gasteiger charge is 2.49. The maximum Gasteiger partial charge on any atom is 0.387 e. The molecule has 8 nitrogen and oxygen atoms in total. The van der Waals surface area contributed by atoms with E-state index in [1.54, 1.807) is 32.0 Å². The zero-order chi connectivity index (χ0) is 25.5. The monoisotopic (exact) mass is 503 g/mol. The fraction of sp³-hybridized carbons (Fsp3) is 0.375. The van der Waals surface area contributed by atoms with Gasteiger partial charge in [-0.25, -0.2) is 0 Å². The Morgan fingerprint density at radius 1 is 1.31 bits per heavy atom. The average molecular weight is 504 g/mol. The van der Waals surface area contributed by atoms with E-state index in [0.29, 0.717) is 24.1 Å². The number of amides is 1. The van der Waals surface area contributed by atoms with Crippen LogP contribution in [-0.2, 0) is 10.3 Å². The van der Waals surface area contributed by atoms with Crippen LogP contribution in [0.25, 0.3) is 0 Å². The molecule has 0 unspecified atom stereocenters. The van der Waals surface area contributed by atoms with Crippen molar-refractivity contribution in [2.24, 2.45) is 0 Å². The van der Waals surface area contributed by atoms with Crippen molar-refractivity contribution in [1.82, 2.24) is 10.2 Å². The summed E-state index contributed by atoms with van der Waals surface area (Å²) in [5, 5.41) is 33.8. The molecule has 1 heterocycles. The molecule has 35 heavy (non-hydrogen) atoms. The van der Waals surface area contributed by atoms with Crippen molar-refractivity contribution in [2.45, 2.75) is 56.9 Å². The Kier molecular flexibility index (Phi) is 6.34. The molecule has 11 heteroatoms. The summed E-state index contributed by atoms with van der Waals surface area (Å²) in [4.78, 5) is 14.4. The smallest absolute Gasteiger partial charge is 0.387 e.